The van der Waals surface area contributed by atoms with E-state index in [1.54, 1.807) is 6.07 Å². The smallest absolute Gasteiger partial charge is 0.270 e. The number of aryl methyl sites for hydroxylation is 2. The van der Waals surface area contributed by atoms with Crippen LogP contribution in [-0.4, -0.2) is 31.2 Å². The predicted molar refractivity (Wildman–Crippen MR) is 130 cm³/mol. The number of nitrogens with zero attached hydrogens (tertiary/aromatic N) is 4. The van der Waals surface area contributed by atoms with E-state index in [1.807, 2.05) is 66.9 Å². The van der Waals surface area contributed by atoms with Gasteiger partial charge in [-0.15, -0.1) is 10.2 Å². The lowest BCUT2D eigenvalue weighted by molar-refractivity contribution is -0.384. The monoisotopic (exact) mass is 474 g/mol. The second-order valence-electron chi connectivity index (χ2n) is 7.60. The molecule has 3 aromatic carbocycles. The molecule has 0 bridgehead atoms. The highest BCUT2D eigenvalue weighted by Gasteiger charge is 2.18. The fraction of sp³-hybridized carbons (Fsp3) is 0.160. The number of hydrogen-bond acceptors (Lipinski definition) is 7. The summed E-state index contributed by atoms with van der Waals surface area (Å²) in [5.41, 5.74) is 3.07. The van der Waals surface area contributed by atoms with E-state index < -0.39 is 4.92 Å². The van der Waals surface area contributed by atoms with Crippen LogP contribution in [0.4, 0.5) is 5.69 Å². The zero-order valence-electron chi connectivity index (χ0n) is 18.7. The molecule has 4 rings (SSSR count). The lowest BCUT2D eigenvalue weighted by Gasteiger charge is -2.13. The van der Waals surface area contributed by atoms with Crippen molar-refractivity contribution in [3.8, 4) is 11.4 Å². The van der Waals surface area contributed by atoms with Crippen LogP contribution in [0.1, 0.15) is 27.3 Å². The number of non-ortho nitro benzene ring substituents is 1. The standard InChI is InChI=1S/C25H22N4O4S/c1-17-8-6-9-18(2)24(17)33-15-23-26-27-25(28(23)20-11-4-3-5-12-20)34-16-22(30)19-10-7-13-21(14-19)29(31)32/h3-14H,15-16H2,1-2H3. The van der Waals surface area contributed by atoms with Crippen molar-refractivity contribution in [1.82, 2.24) is 14.8 Å². The molecule has 0 spiro atoms. The fourth-order valence-corrected chi connectivity index (χ4v) is 4.36. The van der Waals surface area contributed by atoms with Crippen molar-refractivity contribution in [3.05, 3.63) is 105 Å². The summed E-state index contributed by atoms with van der Waals surface area (Å²) in [4.78, 5) is 23.2. The van der Waals surface area contributed by atoms with Gasteiger partial charge in [0.15, 0.2) is 16.8 Å². The molecule has 0 aliphatic rings. The minimum Gasteiger partial charge on any atom is -0.485 e. The van der Waals surface area contributed by atoms with Gasteiger partial charge in [0.25, 0.3) is 5.69 Å². The van der Waals surface area contributed by atoms with Crippen LogP contribution in [0.5, 0.6) is 5.75 Å². The number of Topliss-reactive ketones (excluding diaryl/α,β-unsaturated/α-hetero) is 1. The van der Waals surface area contributed by atoms with Gasteiger partial charge in [0.05, 0.1) is 10.7 Å². The van der Waals surface area contributed by atoms with Crippen LogP contribution in [0.3, 0.4) is 0 Å². The molecule has 0 amide bonds. The molecule has 0 saturated carbocycles. The van der Waals surface area contributed by atoms with Crippen LogP contribution >= 0.6 is 11.8 Å². The molecule has 8 nitrogen and oxygen atoms in total. The number of carbonyl (C=O) groups excluding carboxylic acids is 1. The van der Waals surface area contributed by atoms with E-state index >= 15 is 0 Å². The summed E-state index contributed by atoms with van der Waals surface area (Å²) in [6.45, 7) is 4.18. The predicted octanol–water partition coefficient (Wildman–Crippen LogP) is 5.35. The fourth-order valence-electron chi connectivity index (χ4n) is 3.49. The molecule has 0 aliphatic heterocycles. The summed E-state index contributed by atoms with van der Waals surface area (Å²) in [5.74, 6) is 1.23. The lowest BCUT2D eigenvalue weighted by atomic mass is 10.1. The van der Waals surface area contributed by atoms with Gasteiger partial charge in [0.1, 0.15) is 12.4 Å². The summed E-state index contributed by atoms with van der Waals surface area (Å²) in [5, 5.41) is 20.2. The van der Waals surface area contributed by atoms with Gasteiger partial charge in [-0.1, -0.05) is 60.3 Å². The van der Waals surface area contributed by atoms with Crippen LogP contribution in [0.15, 0.2) is 78.0 Å². The second kappa shape index (κ2) is 10.3. The minimum absolute atomic E-state index is 0.0594. The summed E-state index contributed by atoms with van der Waals surface area (Å²) in [6, 6.07) is 21.3. The van der Waals surface area contributed by atoms with Crippen molar-refractivity contribution in [2.75, 3.05) is 5.75 Å². The van der Waals surface area contributed by atoms with E-state index in [2.05, 4.69) is 10.2 Å². The maximum absolute atomic E-state index is 12.7. The van der Waals surface area contributed by atoms with E-state index in [0.29, 0.717) is 11.0 Å². The minimum atomic E-state index is -0.515. The SMILES string of the molecule is Cc1cccc(C)c1OCc1nnc(SCC(=O)c2cccc([N+](=O)[O-])c2)n1-c1ccccc1. The van der Waals surface area contributed by atoms with Crippen molar-refractivity contribution in [1.29, 1.82) is 0 Å². The zero-order chi connectivity index (χ0) is 24.1. The van der Waals surface area contributed by atoms with Gasteiger partial charge in [-0.25, -0.2) is 0 Å². The molecule has 172 valence electrons. The molecule has 0 unspecified atom stereocenters. The van der Waals surface area contributed by atoms with Crippen molar-refractivity contribution in [2.24, 2.45) is 0 Å². The Morgan fingerprint density at radius 1 is 1.00 bits per heavy atom. The van der Waals surface area contributed by atoms with E-state index in [9.17, 15) is 14.9 Å². The van der Waals surface area contributed by atoms with Gasteiger partial charge >= 0.3 is 0 Å². The number of hydrogen-bond donors (Lipinski definition) is 0. The van der Waals surface area contributed by atoms with E-state index in [0.717, 1.165) is 22.6 Å². The van der Waals surface area contributed by atoms with Gasteiger partial charge in [-0.3, -0.25) is 19.5 Å². The molecule has 0 radical (unpaired) electrons. The van der Waals surface area contributed by atoms with Crippen molar-refractivity contribution in [2.45, 2.75) is 25.6 Å². The number of para-hydroxylation sites is 2. The third-order valence-electron chi connectivity index (χ3n) is 5.18. The number of thioether (sulfide) groups is 1. The Kier molecular flexibility index (Phi) is 7.03. The molecule has 34 heavy (non-hydrogen) atoms. The van der Waals surface area contributed by atoms with Gasteiger partial charge in [-0.2, -0.15) is 0 Å². The third kappa shape index (κ3) is 5.15. The maximum Gasteiger partial charge on any atom is 0.270 e. The Morgan fingerprint density at radius 3 is 2.41 bits per heavy atom. The molecule has 9 heteroatoms. The Labute approximate surface area is 200 Å². The Bertz CT molecular complexity index is 1320. The summed E-state index contributed by atoms with van der Waals surface area (Å²) < 4.78 is 7.96. The molecular weight excluding hydrogens is 452 g/mol. The number of nitro groups is 1. The van der Waals surface area contributed by atoms with Gasteiger partial charge in [0, 0.05) is 23.4 Å². The van der Waals surface area contributed by atoms with Gasteiger partial charge in [-0.05, 0) is 37.1 Å². The summed E-state index contributed by atoms with van der Waals surface area (Å²) in [7, 11) is 0. The number of benzene rings is 3. The lowest BCUT2D eigenvalue weighted by Crippen LogP contribution is -2.09. The highest BCUT2D eigenvalue weighted by atomic mass is 32.2. The van der Waals surface area contributed by atoms with Gasteiger partial charge < -0.3 is 4.74 Å². The van der Waals surface area contributed by atoms with Crippen LogP contribution in [-0.2, 0) is 6.61 Å². The van der Waals surface area contributed by atoms with Crippen LogP contribution in [0.2, 0.25) is 0 Å². The molecular formula is C25H22N4O4S. The molecule has 0 aliphatic carbocycles. The topological polar surface area (TPSA) is 100 Å². The number of carbonyl (C=O) groups is 1. The first-order valence-corrected chi connectivity index (χ1v) is 11.5. The maximum atomic E-state index is 12.7. The molecule has 0 saturated heterocycles. The van der Waals surface area contributed by atoms with Crippen molar-refractivity contribution in [3.63, 3.8) is 0 Å². The van der Waals surface area contributed by atoms with E-state index in [4.69, 9.17) is 4.74 Å². The first-order chi connectivity index (χ1) is 16.4. The number of ketones is 1. The third-order valence-corrected chi connectivity index (χ3v) is 6.11. The molecule has 0 fully saturated rings. The van der Waals surface area contributed by atoms with Crippen LogP contribution in [0.25, 0.3) is 5.69 Å². The van der Waals surface area contributed by atoms with Crippen LogP contribution in [0, 0.1) is 24.0 Å². The number of aromatic nitrogens is 3. The molecule has 1 aromatic heterocycles. The molecule has 0 atom stereocenters. The molecule has 4 aromatic rings. The van der Waals surface area contributed by atoms with Gasteiger partial charge in [0.2, 0.25) is 0 Å². The van der Waals surface area contributed by atoms with Crippen molar-refractivity contribution >= 4 is 23.2 Å². The first-order valence-electron chi connectivity index (χ1n) is 10.5. The van der Waals surface area contributed by atoms with Crippen LogP contribution < -0.4 is 4.74 Å². The quantitative estimate of drug-likeness (QED) is 0.140. The Hall–Kier alpha value is -3.98. The van der Waals surface area contributed by atoms with E-state index in [-0.39, 0.29) is 29.4 Å². The zero-order valence-corrected chi connectivity index (χ0v) is 19.5. The summed E-state index contributed by atoms with van der Waals surface area (Å²) in [6.07, 6.45) is 0. The van der Waals surface area contributed by atoms with E-state index in [1.165, 1.54) is 30.0 Å². The molecule has 1 heterocycles. The highest BCUT2D eigenvalue weighted by molar-refractivity contribution is 7.99. The highest BCUT2D eigenvalue weighted by Crippen LogP contribution is 2.27. The average Bonchev–Trinajstić information content (AvgIpc) is 3.25. The Morgan fingerprint density at radius 2 is 1.71 bits per heavy atom. The number of ether oxygens (including phenoxy) is 1. The number of nitro benzene ring substituents is 1. The average molecular weight is 475 g/mol. The Balaban J connectivity index is 1.57. The normalized spacial score (nSPS) is 10.8. The number of rotatable bonds is 9. The summed E-state index contributed by atoms with van der Waals surface area (Å²) >= 11 is 1.22. The molecule has 0 N–H and O–H groups in total. The largest absolute Gasteiger partial charge is 0.485 e. The second-order valence-corrected chi connectivity index (χ2v) is 8.54. The van der Waals surface area contributed by atoms with Crippen molar-refractivity contribution < 1.29 is 14.5 Å². The first kappa shape index (κ1) is 23.2.